The molecule has 2 rings (SSSR count). The van der Waals surface area contributed by atoms with Gasteiger partial charge in [-0.2, -0.15) is 0 Å². The zero-order chi connectivity index (χ0) is 21.9. The van der Waals surface area contributed by atoms with Crippen molar-refractivity contribution in [2.45, 2.75) is 22.3 Å². The molecular formula is C15H17ClO8S4. The summed E-state index contributed by atoms with van der Waals surface area (Å²) in [6.07, 6.45) is 1.11. The van der Waals surface area contributed by atoms with Crippen LogP contribution in [0.25, 0.3) is 0 Å². The minimum atomic E-state index is -3.76. The number of carbonyl (C=O) groups excluding carboxylic acids is 2. The summed E-state index contributed by atoms with van der Waals surface area (Å²) in [6, 6.07) is 2.82. The molecule has 2 heterocycles. The van der Waals surface area contributed by atoms with Gasteiger partial charge in [0.15, 0.2) is 9.84 Å². The van der Waals surface area contributed by atoms with E-state index in [1.165, 1.54) is 26.4 Å². The third-order valence-corrected chi connectivity index (χ3v) is 9.45. The van der Waals surface area contributed by atoms with E-state index in [2.05, 4.69) is 9.47 Å². The zero-order valence-corrected chi connectivity index (χ0v) is 19.5. The van der Waals surface area contributed by atoms with Crippen molar-refractivity contribution in [1.29, 1.82) is 0 Å². The predicted octanol–water partition coefficient (Wildman–Crippen LogP) is 3.02. The molecule has 0 unspecified atom stereocenters. The molecule has 0 N–H and O–H groups in total. The molecule has 0 saturated carbocycles. The average molecular weight is 489 g/mol. The van der Waals surface area contributed by atoms with Crippen LogP contribution in [0, 0.1) is 13.8 Å². The number of thiophene rings is 2. The highest BCUT2D eigenvalue weighted by molar-refractivity contribution is 8.15. The van der Waals surface area contributed by atoms with Crippen molar-refractivity contribution in [3.63, 3.8) is 0 Å². The largest absolute Gasteiger partial charge is 0.465 e. The van der Waals surface area contributed by atoms with Crippen LogP contribution in [0.15, 0.2) is 20.6 Å². The number of esters is 2. The number of halogens is 1. The van der Waals surface area contributed by atoms with E-state index in [4.69, 9.17) is 10.7 Å². The van der Waals surface area contributed by atoms with Gasteiger partial charge in [0.1, 0.15) is 18.2 Å². The van der Waals surface area contributed by atoms with Gasteiger partial charge in [-0.25, -0.2) is 26.4 Å². The Morgan fingerprint density at radius 3 is 1.46 bits per heavy atom. The molecule has 0 atom stereocenters. The third kappa shape index (κ3) is 6.27. The molecule has 0 aliphatic rings. The van der Waals surface area contributed by atoms with E-state index in [9.17, 15) is 26.4 Å². The minimum Gasteiger partial charge on any atom is -0.465 e. The van der Waals surface area contributed by atoms with Crippen molar-refractivity contribution in [2.24, 2.45) is 0 Å². The van der Waals surface area contributed by atoms with Crippen molar-refractivity contribution < 1.29 is 35.9 Å². The Hall–Kier alpha value is -1.47. The molecular weight excluding hydrogens is 472 g/mol. The lowest BCUT2D eigenvalue weighted by molar-refractivity contribution is 0.0596. The van der Waals surface area contributed by atoms with Gasteiger partial charge in [-0.1, -0.05) is 0 Å². The topological polar surface area (TPSA) is 121 Å². The number of methoxy groups -OCH3 is 2. The number of sulfone groups is 1. The van der Waals surface area contributed by atoms with E-state index in [1.54, 1.807) is 13.8 Å². The Morgan fingerprint density at radius 2 is 1.21 bits per heavy atom. The number of aryl methyl sites for hydroxylation is 2. The summed E-state index contributed by atoms with van der Waals surface area (Å²) in [5, 5.41) is 0. The van der Waals surface area contributed by atoms with Crippen LogP contribution in [-0.4, -0.2) is 49.2 Å². The highest BCUT2D eigenvalue weighted by Gasteiger charge is 2.20. The van der Waals surface area contributed by atoms with E-state index in [0.717, 1.165) is 28.9 Å². The fourth-order valence-electron chi connectivity index (χ4n) is 1.80. The summed E-state index contributed by atoms with van der Waals surface area (Å²) in [6.45, 7) is 3.30. The molecule has 8 nitrogen and oxygen atoms in total. The van der Waals surface area contributed by atoms with E-state index in [1.807, 2.05) is 0 Å². The van der Waals surface area contributed by atoms with Crippen LogP contribution < -0.4 is 0 Å². The maximum Gasteiger partial charge on any atom is 0.348 e. The molecule has 0 bridgehead atoms. The van der Waals surface area contributed by atoms with Gasteiger partial charge in [0.2, 0.25) is 0 Å². The first-order valence-corrected chi connectivity index (χ1v) is 13.1. The second-order valence-corrected chi connectivity index (χ2v) is 12.5. The molecule has 0 aromatic carbocycles. The highest BCUT2D eigenvalue weighted by atomic mass is 35.7. The predicted molar refractivity (Wildman–Crippen MR) is 107 cm³/mol. The van der Waals surface area contributed by atoms with E-state index in [0.29, 0.717) is 16.0 Å². The fourth-order valence-corrected chi connectivity index (χ4v) is 6.08. The SMILES string of the molecule is COC(=O)c1sc(S(=O)(=O)Cl)cc1C.COC(=O)c1sc(S(C)(=O)=O)cc1C. The van der Waals surface area contributed by atoms with Gasteiger partial charge in [0, 0.05) is 16.9 Å². The summed E-state index contributed by atoms with van der Waals surface area (Å²) in [5.41, 5.74) is 1.17. The van der Waals surface area contributed by atoms with Gasteiger partial charge >= 0.3 is 11.9 Å². The van der Waals surface area contributed by atoms with Crippen LogP contribution in [0.2, 0.25) is 0 Å². The van der Waals surface area contributed by atoms with E-state index >= 15 is 0 Å². The highest BCUT2D eigenvalue weighted by Crippen LogP contribution is 2.29. The first kappa shape index (κ1) is 24.6. The summed E-state index contributed by atoms with van der Waals surface area (Å²) in [7, 11) is 0.621. The van der Waals surface area contributed by atoms with E-state index in [-0.39, 0.29) is 13.3 Å². The standard InChI is InChI=1S/C8H10O4S2.C7H7ClO4S2/c1-5-4-6(14(3,10)11)13-7(5)8(9)12-2;1-4-3-5(14(8,10)11)13-6(4)7(9)12-2/h4H,1-3H3;3H,1-2H3. The second-order valence-electron chi connectivity index (χ2n) is 5.35. The van der Waals surface area contributed by atoms with Crippen molar-refractivity contribution in [1.82, 2.24) is 0 Å². The normalized spacial score (nSPS) is 11.4. The molecule has 0 radical (unpaired) electrons. The molecule has 2 aromatic rings. The number of hydrogen-bond acceptors (Lipinski definition) is 10. The lowest BCUT2D eigenvalue weighted by Crippen LogP contribution is -1.99. The molecule has 156 valence electrons. The summed E-state index contributed by atoms with van der Waals surface area (Å²) in [5.74, 6) is -1.05. The van der Waals surface area contributed by atoms with Crippen molar-refractivity contribution in [3.05, 3.63) is 33.0 Å². The minimum absolute atomic E-state index is 0.0444. The summed E-state index contributed by atoms with van der Waals surface area (Å²) >= 11 is 1.74. The lowest BCUT2D eigenvalue weighted by Gasteiger charge is -1.94. The monoisotopic (exact) mass is 488 g/mol. The average Bonchev–Trinajstić information content (AvgIpc) is 3.16. The number of ether oxygens (including phenoxy) is 2. The van der Waals surface area contributed by atoms with Gasteiger partial charge in [-0.05, 0) is 37.1 Å². The Morgan fingerprint density at radius 1 is 0.857 bits per heavy atom. The van der Waals surface area contributed by atoms with Crippen LogP contribution >= 0.6 is 33.4 Å². The van der Waals surface area contributed by atoms with Gasteiger partial charge in [0.25, 0.3) is 9.05 Å². The molecule has 0 amide bonds. The van der Waals surface area contributed by atoms with Gasteiger partial charge in [-0.3, -0.25) is 0 Å². The smallest absolute Gasteiger partial charge is 0.348 e. The van der Waals surface area contributed by atoms with Crippen molar-refractivity contribution in [2.75, 3.05) is 20.5 Å². The molecule has 0 aliphatic heterocycles. The maximum absolute atomic E-state index is 11.2. The molecule has 0 spiro atoms. The van der Waals surface area contributed by atoms with Gasteiger partial charge < -0.3 is 9.47 Å². The Balaban J connectivity index is 0.000000280. The second kappa shape index (κ2) is 9.35. The quantitative estimate of drug-likeness (QED) is 0.475. The number of carbonyl (C=O) groups is 2. The first-order chi connectivity index (χ1) is 12.7. The summed E-state index contributed by atoms with van der Waals surface area (Å²) < 4.78 is 53.3. The van der Waals surface area contributed by atoms with Gasteiger partial charge in [0.05, 0.1) is 14.2 Å². The van der Waals surface area contributed by atoms with Crippen LogP contribution in [0.5, 0.6) is 0 Å². The van der Waals surface area contributed by atoms with E-state index < -0.39 is 30.8 Å². The number of rotatable bonds is 4. The Bertz CT molecular complexity index is 1010. The van der Waals surface area contributed by atoms with Crippen molar-refractivity contribution >= 4 is 64.2 Å². The van der Waals surface area contributed by atoms with Crippen LogP contribution in [0.4, 0.5) is 0 Å². The maximum atomic E-state index is 11.2. The molecule has 0 saturated heterocycles. The molecule has 13 heteroatoms. The number of hydrogen-bond donors (Lipinski definition) is 0. The first-order valence-electron chi connectivity index (χ1n) is 7.24. The van der Waals surface area contributed by atoms with Gasteiger partial charge in [-0.15, -0.1) is 22.7 Å². The Labute approximate surface area is 175 Å². The Kier molecular flexibility index (Phi) is 8.21. The van der Waals surface area contributed by atoms with Crippen LogP contribution in [0.3, 0.4) is 0 Å². The zero-order valence-electron chi connectivity index (χ0n) is 15.4. The third-order valence-electron chi connectivity index (χ3n) is 3.14. The van der Waals surface area contributed by atoms with Crippen LogP contribution in [0.1, 0.15) is 30.5 Å². The molecule has 2 aromatic heterocycles. The fraction of sp³-hybridized carbons (Fsp3) is 0.333. The van der Waals surface area contributed by atoms with Crippen molar-refractivity contribution in [3.8, 4) is 0 Å². The molecule has 0 fully saturated rings. The molecule has 28 heavy (non-hydrogen) atoms. The molecule has 0 aliphatic carbocycles. The lowest BCUT2D eigenvalue weighted by atomic mass is 10.3. The summed E-state index contributed by atoms with van der Waals surface area (Å²) in [4.78, 5) is 22.9. The van der Waals surface area contributed by atoms with Crippen LogP contribution in [-0.2, 0) is 28.4 Å².